The minimum atomic E-state index is -4.41. The molecule has 1 aromatic heterocycles. The zero-order valence-corrected chi connectivity index (χ0v) is 9.40. The van der Waals surface area contributed by atoms with E-state index in [4.69, 9.17) is 4.42 Å². The van der Waals surface area contributed by atoms with Gasteiger partial charge in [0.1, 0.15) is 6.10 Å². The molecule has 0 saturated heterocycles. The fourth-order valence-electron chi connectivity index (χ4n) is 1.44. The Morgan fingerprint density at radius 1 is 1.33 bits per heavy atom. The minimum Gasteiger partial charge on any atom is -0.438 e. The van der Waals surface area contributed by atoms with Crippen molar-refractivity contribution in [1.29, 1.82) is 0 Å². The normalized spacial score (nSPS) is 13.6. The Morgan fingerprint density at radius 3 is 2.61 bits per heavy atom. The van der Waals surface area contributed by atoms with Crippen molar-refractivity contribution < 1.29 is 22.7 Å². The summed E-state index contributed by atoms with van der Waals surface area (Å²) >= 11 is 0. The van der Waals surface area contributed by atoms with E-state index in [1.165, 1.54) is 25.3 Å². The van der Waals surface area contributed by atoms with Gasteiger partial charge in [0, 0.05) is 5.56 Å². The number of hydrogen-bond donors (Lipinski definition) is 1. The van der Waals surface area contributed by atoms with Gasteiger partial charge in [-0.3, -0.25) is 0 Å². The number of rotatable bonds is 2. The number of oxazole rings is 1. The molecule has 96 valence electrons. The van der Waals surface area contributed by atoms with Crippen molar-refractivity contribution in [3.05, 3.63) is 41.8 Å². The van der Waals surface area contributed by atoms with Crippen LogP contribution in [0.5, 0.6) is 0 Å². The Bertz CT molecular complexity index is 546. The van der Waals surface area contributed by atoms with Gasteiger partial charge in [-0.1, -0.05) is 6.07 Å². The van der Waals surface area contributed by atoms with Gasteiger partial charge in [0.15, 0.2) is 5.76 Å². The van der Waals surface area contributed by atoms with Crippen molar-refractivity contribution in [3.63, 3.8) is 0 Å². The third-order valence-corrected chi connectivity index (χ3v) is 2.37. The molecule has 1 unspecified atom stereocenters. The Morgan fingerprint density at radius 2 is 2.06 bits per heavy atom. The molecule has 1 N–H and O–H groups in total. The number of halogens is 3. The Kier molecular flexibility index (Phi) is 3.13. The fourth-order valence-corrected chi connectivity index (χ4v) is 1.44. The number of alkyl halides is 3. The summed E-state index contributed by atoms with van der Waals surface area (Å²) in [5.41, 5.74) is -0.548. The van der Waals surface area contributed by atoms with Crippen molar-refractivity contribution in [2.75, 3.05) is 0 Å². The molecule has 3 nitrogen and oxygen atoms in total. The van der Waals surface area contributed by atoms with Crippen LogP contribution in [0.15, 0.2) is 34.9 Å². The summed E-state index contributed by atoms with van der Waals surface area (Å²) in [5.74, 6) is 0.263. The van der Waals surface area contributed by atoms with E-state index in [9.17, 15) is 18.3 Å². The topological polar surface area (TPSA) is 46.3 Å². The Hall–Kier alpha value is -1.82. The second-order valence-corrected chi connectivity index (χ2v) is 3.82. The molecule has 0 aliphatic rings. The molecule has 1 aromatic carbocycles. The molecule has 0 fully saturated rings. The van der Waals surface area contributed by atoms with Crippen LogP contribution in [0, 0.1) is 0 Å². The zero-order valence-electron chi connectivity index (χ0n) is 9.40. The summed E-state index contributed by atoms with van der Waals surface area (Å²) in [4.78, 5) is 3.84. The molecular formula is C12H10F3NO2. The molecule has 0 spiro atoms. The number of aliphatic hydroxyl groups excluding tert-OH is 1. The van der Waals surface area contributed by atoms with Gasteiger partial charge in [0.05, 0.1) is 11.8 Å². The monoisotopic (exact) mass is 257 g/mol. The molecule has 6 heteroatoms. The number of aromatic nitrogens is 1. The van der Waals surface area contributed by atoms with Crippen molar-refractivity contribution >= 4 is 0 Å². The van der Waals surface area contributed by atoms with Gasteiger partial charge in [-0.25, -0.2) is 4.98 Å². The zero-order chi connectivity index (χ0) is 13.3. The molecule has 0 aliphatic carbocycles. The summed E-state index contributed by atoms with van der Waals surface area (Å²) in [6.45, 7) is 1.48. The third-order valence-electron chi connectivity index (χ3n) is 2.37. The van der Waals surface area contributed by atoms with Crippen LogP contribution in [0.1, 0.15) is 24.4 Å². The average molecular weight is 257 g/mol. The number of aliphatic hydroxyl groups is 1. The second kappa shape index (κ2) is 4.45. The highest BCUT2D eigenvalue weighted by atomic mass is 19.4. The van der Waals surface area contributed by atoms with Gasteiger partial charge in [0.2, 0.25) is 5.89 Å². The largest absolute Gasteiger partial charge is 0.438 e. The van der Waals surface area contributed by atoms with Crippen LogP contribution in [0.4, 0.5) is 13.2 Å². The van der Waals surface area contributed by atoms with Crippen LogP contribution in [0.3, 0.4) is 0 Å². The lowest BCUT2D eigenvalue weighted by Crippen LogP contribution is -2.04. The molecule has 0 saturated carbocycles. The second-order valence-electron chi connectivity index (χ2n) is 3.82. The first-order valence-electron chi connectivity index (χ1n) is 5.19. The predicted octanol–water partition coefficient (Wildman–Crippen LogP) is 3.41. The van der Waals surface area contributed by atoms with E-state index < -0.39 is 17.8 Å². The highest BCUT2D eigenvalue weighted by molar-refractivity contribution is 5.54. The van der Waals surface area contributed by atoms with E-state index in [1.54, 1.807) is 0 Å². The highest BCUT2D eigenvalue weighted by Gasteiger charge is 2.30. The third kappa shape index (κ3) is 2.53. The van der Waals surface area contributed by atoms with Crippen LogP contribution in [0.2, 0.25) is 0 Å². The lowest BCUT2D eigenvalue weighted by molar-refractivity contribution is -0.137. The van der Waals surface area contributed by atoms with Crippen molar-refractivity contribution in [2.45, 2.75) is 19.2 Å². The number of hydrogen-bond acceptors (Lipinski definition) is 3. The van der Waals surface area contributed by atoms with E-state index in [-0.39, 0.29) is 17.2 Å². The van der Waals surface area contributed by atoms with Gasteiger partial charge in [-0.2, -0.15) is 13.2 Å². The van der Waals surface area contributed by atoms with Gasteiger partial charge < -0.3 is 9.52 Å². The van der Waals surface area contributed by atoms with E-state index in [0.717, 1.165) is 12.1 Å². The quantitative estimate of drug-likeness (QED) is 0.896. The SMILES string of the molecule is CC(O)c1cnc(-c2cccc(C(F)(F)F)c2)o1. The molecule has 1 atom stereocenters. The standard InChI is InChI=1S/C12H10F3NO2/c1-7(17)10-6-16-11(18-10)8-3-2-4-9(5-8)12(13,14)15/h2-7,17H,1H3. The number of benzene rings is 1. The fraction of sp³-hybridized carbons (Fsp3) is 0.250. The van der Waals surface area contributed by atoms with E-state index >= 15 is 0 Å². The molecule has 2 aromatic rings. The van der Waals surface area contributed by atoms with Crippen LogP contribution in [-0.4, -0.2) is 10.1 Å². The minimum absolute atomic E-state index is 0.0528. The molecule has 0 amide bonds. The van der Waals surface area contributed by atoms with Crippen LogP contribution in [0.25, 0.3) is 11.5 Å². The summed E-state index contributed by atoms with van der Waals surface area (Å²) in [6, 6.07) is 4.68. The van der Waals surface area contributed by atoms with Gasteiger partial charge >= 0.3 is 6.18 Å². The summed E-state index contributed by atoms with van der Waals surface area (Å²) in [5, 5.41) is 9.25. The highest BCUT2D eigenvalue weighted by Crippen LogP contribution is 2.32. The maximum Gasteiger partial charge on any atom is 0.416 e. The molecule has 0 radical (unpaired) electrons. The molecule has 2 rings (SSSR count). The molecule has 1 heterocycles. The van der Waals surface area contributed by atoms with Gasteiger partial charge in [-0.15, -0.1) is 0 Å². The Balaban J connectivity index is 2.38. The van der Waals surface area contributed by atoms with Crippen molar-refractivity contribution in [2.24, 2.45) is 0 Å². The van der Waals surface area contributed by atoms with E-state index in [0.29, 0.717) is 0 Å². The maximum absolute atomic E-state index is 12.5. The van der Waals surface area contributed by atoms with Crippen LogP contribution >= 0.6 is 0 Å². The molecule has 0 bridgehead atoms. The number of nitrogens with zero attached hydrogens (tertiary/aromatic N) is 1. The lowest BCUT2D eigenvalue weighted by Gasteiger charge is -2.06. The van der Waals surface area contributed by atoms with Crippen LogP contribution < -0.4 is 0 Å². The van der Waals surface area contributed by atoms with E-state index in [1.807, 2.05) is 0 Å². The molecule has 0 aliphatic heterocycles. The summed E-state index contributed by atoms with van der Waals surface area (Å²) in [6.07, 6.45) is -3.97. The Labute approximate surface area is 101 Å². The first-order valence-corrected chi connectivity index (χ1v) is 5.19. The summed E-state index contributed by atoms with van der Waals surface area (Å²) in [7, 11) is 0. The first-order chi connectivity index (χ1) is 8.38. The molecule has 18 heavy (non-hydrogen) atoms. The van der Waals surface area contributed by atoms with Gasteiger partial charge in [-0.05, 0) is 25.1 Å². The lowest BCUT2D eigenvalue weighted by atomic mass is 10.1. The summed E-state index contributed by atoms with van der Waals surface area (Å²) < 4.78 is 42.7. The smallest absolute Gasteiger partial charge is 0.416 e. The van der Waals surface area contributed by atoms with Gasteiger partial charge in [0.25, 0.3) is 0 Å². The van der Waals surface area contributed by atoms with Crippen molar-refractivity contribution in [1.82, 2.24) is 4.98 Å². The van der Waals surface area contributed by atoms with E-state index in [2.05, 4.69) is 4.98 Å². The predicted molar refractivity (Wildman–Crippen MR) is 57.6 cm³/mol. The van der Waals surface area contributed by atoms with Crippen molar-refractivity contribution in [3.8, 4) is 11.5 Å². The average Bonchev–Trinajstić information content (AvgIpc) is 2.77. The first kappa shape index (κ1) is 12.6. The molecular weight excluding hydrogens is 247 g/mol. The van der Waals surface area contributed by atoms with Crippen LogP contribution in [-0.2, 0) is 6.18 Å². The maximum atomic E-state index is 12.5.